The molecule has 19 heavy (non-hydrogen) atoms. The molecule has 2 aromatic carbocycles. The van der Waals surface area contributed by atoms with Crippen LogP contribution in [0.5, 0.6) is 0 Å². The molecule has 0 amide bonds. The van der Waals surface area contributed by atoms with Gasteiger partial charge in [-0.2, -0.15) is 4.31 Å². The lowest BCUT2D eigenvalue weighted by Crippen LogP contribution is -2.30. The monoisotopic (exact) mass is 273 g/mol. The summed E-state index contributed by atoms with van der Waals surface area (Å²) in [5.41, 5.74) is 2.37. The molecule has 1 aliphatic heterocycles. The normalized spacial score (nSPS) is 21.5. The first kappa shape index (κ1) is 12.5. The van der Waals surface area contributed by atoms with Crippen LogP contribution in [-0.2, 0) is 11.4 Å². The van der Waals surface area contributed by atoms with Crippen LogP contribution in [0.3, 0.4) is 0 Å². The standard InChI is InChI=1S/C15H15NO2S/c1-2-16-13-9-5-3-7-11(13)15(17)12-8-4-6-10-14(12)19(16)18/h3-10,15,17H,2H2,1H3. The zero-order valence-electron chi connectivity index (χ0n) is 10.6. The minimum Gasteiger partial charge on any atom is -0.588 e. The van der Waals surface area contributed by atoms with Gasteiger partial charge in [-0.1, -0.05) is 36.4 Å². The molecule has 3 nitrogen and oxygen atoms in total. The number of hydrogen-bond donors (Lipinski definition) is 1. The van der Waals surface area contributed by atoms with Crippen LogP contribution in [0.15, 0.2) is 53.4 Å². The minimum atomic E-state index is -1.28. The Balaban J connectivity index is 2.27. The van der Waals surface area contributed by atoms with E-state index < -0.39 is 17.5 Å². The first-order valence-corrected chi connectivity index (χ1v) is 7.40. The number of fused-ring (bicyclic) bond motifs is 2. The maximum atomic E-state index is 12.7. The van der Waals surface area contributed by atoms with Crippen molar-refractivity contribution in [3.63, 3.8) is 0 Å². The van der Waals surface area contributed by atoms with E-state index in [1.807, 2.05) is 59.8 Å². The van der Waals surface area contributed by atoms with Crippen LogP contribution < -0.4 is 4.31 Å². The van der Waals surface area contributed by atoms with Crippen molar-refractivity contribution in [1.82, 2.24) is 0 Å². The first-order valence-electron chi connectivity index (χ1n) is 6.29. The second-order valence-corrected chi connectivity index (χ2v) is 5.82. The van der Waals surface area contributed by atoms with E-state index >= 15 is 0 Å². The van der Waals surface area contributed by atoms with Crippen LogP contribution in [0, 0.1) is 0 Å². The van der Waals surface area contributed by atoms with Crippen molar-refractivity contribution in [2.45, 2.75) is 17.9 Å². The molecule has 0 fully saturated rings. The van der Waals surface area contributed by atoms with Gasteiger partial charge in [0.2, 0.25) is 0 Å². The molecule has 2 aromatic rings. The third-order valence-corrected chi connectivity index (χ3v) is 4.99. The Morgan fingerprint density at radius 1 is 1.11 bits per heavy atom. The highest BCUT2D eigenvalue weighted by Crippen LogP contribution is 2.40. The predicted molar refractivity (Wildman–Crippen MR) is 76.4 cm³/mol. The highest BCUT2D eigenvalue weighted by molar-refractivity contribution is 7.92. The molecule has 3 rings (SSSR count). The van der Waals surface area contributed by atoms with E-state index in [9.17, 15) is 9.66 Å². The van der Waals surface area contributed by atoms with Crippen molar-refractivity contribution in [2.24, 2.45) is 0 Å². The van der Waals surface area contributed by atoms with E-state index in [1.165, 1.54) is 0 Å². The summed E-state index contributed by atoms with van der Waals surface area (Å²) in [4.78, 5) is 0.688. The van der Waals surface area contributed by atoms with Crippen molar-refractivity contribution in [2.75, 3.05) is 10.8 Å². The predicted octanol–water partition coefficient (Wildman–Crippen LogP) is 2.63. The minimum absolute atomic E-state index is 0.630. The number of aliphatic hydroxyl groups excluding tert-OH is 1. The molecule has 98 valence electrons. The molecule has 0 saturated heterocycles. The smallest absolute Gasteiger partial charge is 0.186 e. The number of anilines is 1. The molecule has 0 spiro atoms. The fraction of sp³-hybridized carbons (Fsp3) is 0.200. The van der Waals surface area contributed by atoms with Crippen molar-refractivity contribution in [3.05, 3.63) is 59.7 Å². The molecule has 0 aliphatic carbocycles. The molecule has 2 atom stereocenters. The Morgan fingerprint density at radius 2 is 1.74 bits per heavy atom. The van der Waals surface area contributed by atoms with Crippen LogP contribution >= 0.6 is 0 Å². The summed E-state index contributed by atoms with van der Waals surface area (Å²) in [7, 11) is 0. The summed E-state index contributed by atoms with van der Waals surface area (Å²) in [5, 5.41) is 10.6. The molecule has 2 unspecified atom stereocenters. The van der Waals surface area contributed by atoms with Crippen LogP contribution in [0.25, 0.3) is 0 Å². The van der Waals surface area contributed by atoms with E-state index in [2.05, 4.69) is 0 Å². The highest BCUT2D eigenvalue weighted by atomic mass is 32.2. The lowest BCUT2D eigenvalue weighted by molar-refractivity contribution is 0.218. The van der Waals surface area contributed by atoms with Crippen LogP contribution in [0.4, 0.5) is 5.69 Å². The zero-order valence-corrected chi connectivity index (χ0v) is 11.4. The lowest BCUT2D eigenvalue weighted by Gasteiger charge is -2.24. The molecular formula is C15H15NO2S. The SMILES string of the molecule is CCN1c2ccccc2C(O)c2ccccc2[S+]1[O-]. The summed E-state index contributed by atoms with van der Waals surface area (Å²) < 4.78 is 14.5. The number of benzene rings is 2. The maximum absolute atomic E-state index is 12.7. The Morgan fingerprint density at radius 3 is 2.47 bits per heavy atom. The Bertz CT molecular complexity index is 602. The second kappa shape index (κ2) is 4.89. The molecule has 0 aromatic heterocycles. The number of hydrogen-bond acceptors (Lipinski definition) is 3. The number of rotatable bonds is 1. The number of para-hydroxylation sites is 1. The maximum Gasteiger partial charge on any atom is 0.186 e. The van der Waals surface area contributed by atoms with E-state index in [-0.39, 0.29) is 0 Å². The van der Waals surface area contributed by atoms with Gasteiger partial charge in [-0.15, -0.1) is 0 Å². The first-order chi connectivity index (χ1) is 9.24. The molecule has 1 heterocycles. The van der Waals surface area contributed by atoms with Gasteiger partial charge in [0.1, 0.15) is 17.5 Å². The quantitative estimate of drug-likeness (QED) is 0.812. The van der Waals surface area contributed by atoms with Crippen molar-refractivity contribution < 1.29 is 9.66 Å². The van der Waals surface area contributed by atoms with Gasteiger partial charge in [-0.3, -0.25) is 0 Å². The lowest BCUT2D eigenvalue weighted by atomic mass is 10.00. The third-order valence-electron chi connectivity index (χ3n) is 3.39. The van der Waals surface area contributed by atoms with Gasteiger partial charge in [0.05, 0.1) is 12.2 Å². The summed E-state index contributed by atoms with van der Waals surface area (Å²) in [6, 6.07) is 15.0. The van der Waals surface area contributed by atoms with Gasteiger partial charge in [-0.25, -0.2) is 0 Å². The van der Waals surface area contributed by atoms with Gasteiger partial charge in [0.15, 0.2) is 4.90 Å². The molecular weight excluding hydrogens is 258 g/mol. The fourth-order valence-electron chi connectivity index (χ4n) is 2.47. The van der Waals surface area contributed by atoms with E-state index in [1.54, 1.807) is 0 Å². The van der Waals surface area contributed by atoms with E-state index in [0.717, 1.165) is 16.8 Å². The van der Waals surface area contributed by atoms with Crippen LogP contribution in [-0.4, -0.2) is 16.2 Å². The molecule has 0 radical (unpaired) electrons. The number of aliphatic hydroxyl groups is 1. The van der Waals surface area contributed by atoms with Gasteiger partial charge in [0.25, 0.3) is 0 Å². The van der Waals surface area contributed by atoms with Crippen LogP contribution in [0.1, 0.15) is 24.2 Å². The average molecular weight is 273 g/mol. The van der Waals surface area contributed by atoms with E-state index in [0.29, 0.717) is 11.4 Å². The average Bonchev–Trinajstić information content (AvgIpc) is 2.55. The zero-order chi connectivity index (χ0) is 13.4. The van der Waals surface area contributed by atoms with Gasteiger partial charge >= 0.3 is 0 Å². The Labute approximate surface area is 115 Å². The largest absolute Gasteiger partial charge is 0.588 e. The van der Waals surface area contributed by atoms with Crippen molar-refractivity contribution in [3.8, 4) is 0 Å². The van der Waals surface area contributed by atoms with Gasteiger partial charge in [0, 0.05) is 11.1 Å². The summed E-state index contributed by atoms with van der Waals surface area (Å²) >= 11 is -1.28. The molecule has 4 heteroatoms. The highest BCUT2D eigenvalue weighted by Gasteiger charge is 2.34. The van der Waals surface area contributed by atoms with Crippen LogP contribution in [0.2, 0.25) is 0 Å². The van der Waals surface area contributed by atoms with Crippen molar-refractivity contribution >= 4 is 17.0 Å². The van der Waals surface area contributed by atoms with Gasteiger partial charge < -0.3 is 9.66 Å². The molecule has 0 bridgehead atoms. The summed E-state index contributed by atoms with van der Waals surface area (Å²) in [6.07, 6.45) is -0.729. The van der Waals surface area contributed by atoms with Gasteiger partial charge in [-0.05, 0) is 19.1 Å². The van der Waals surface area contributed by atoms with Crippen molar-refractivity contribution in [1.29, 1.82) is 0 Å². The fourth-order valence-corrected chi connectivity index (χ4v) is 3.87. The topological polar surface area (TPSA) is 46.5 Å². The number of nitrogens with zero attached hydrogens (tertiary/aromatic N) is 1. The molecule has 1 aliphatic rings. The molecule has 1 N–H and O–H groups in total. The summed E-state index contributed by atoms with van der Waals surface area (Å²) in [6.45, 7) is 2.60. The summed E-state index contributed by atoms with van der Waals surface area (Å²) in [5.74, 6) is 0. The second-order valence-electron chi connectivity index (χ2n) is 4.44. The third kappa shape index (κ3) is 1.92. The Hall–Kier alpha value is -1.49. The van der Waals surface area contributed by atoms with E-state index in [4.69, 9.17) is 0 Å². The Kier molecular flexibility index (Phi) is 3.22. The molecule has 0 saturated carbocycles.